The number of fused-ring (bicyclic) bond motifs is 1. The molecule has 0 radical (unpaired) electrons. The number of carbonyl (C=O) groups excluding carboxylic acids is 2. The van der Waals surface area contributed by atoms with Gasteiger partial charge in [0.25, 0.3) is 11.6 Å². The first-order valence-corrected chi connectivity index (χ1v) is 9.69. The zero-order valence-corrected chi connectivity index (χ0v) is 16.6. The average molecular weight is 432 g/mol. The fraction of sp³-hybridized carbons (Fsp3) is 0.350. The van der Waals surface area contributed by atoms with Crippen molar-refractivity contribution in [3.8, 4) is 11.3 Å². The molecule has 1 N–H and O–H groups in total. The molecule has 1 aliphatic rings. The van der Waals surface area contributed by atoms with Crippen molar-refractivity contribution in [3.05, 3.63) is 47.9 Å². The van der Waals surface area contributed by atoms with Crippen LogP contribution in [0.2, 0.25) is 0 Å². The Hall–Kier alpha value is -3.50. The summed E-state index contributed by atoms with van der Waals surface area (Å²) in [5.74, 6) is -1.65. The van der Waals surface area contributed by atoms with Crippen molar-refractivity contribution in [2.75, 3.05) is 6.54 Å². The lowest BCUT2D eigenvalue weighted by atomic mass is 10.1. The van der Waals surface area contributed by atoms with Gasteiger partial charge in [0, 0.05) is 31.3 Å². The van der Waals surface area contributed by atoms with Crippen LogP contribution in [0.25, 0.3) is 17.0 Å². The molecule has 2 aromatic heterocycles. The van der Waals surface area contributed by atoms with Crippen LogP contribution in [0.15, 0.2) is 36.5 Å². The summed E-state index contributed by atoms with van der Waals surface area (Å²) in [6.45, 7) is 2.54. The van der Waals surface area contributed by atoms with Gasteiger partial charge in [-0.25, -0.2) is 4.98 Å². The zero-order valence-electron chi connectivity index (χ0n) is 16.6. The highest BCUT2D eigenvalue weighted by Gasteiger charge is 2.36. The highest BCUT2D eigenvalue weighted by atomic mass is 19.4. The smallest absolute Gasteiger partial charge is 0.350 e. The number of aromatic nitrogens is 4. The molecule has 3 heterocycles. The minimum absolute atomic E-state index is 0.0162. The van der Waals surface area contributed by atoms with E-state index >= 15 is 0 Å². The number of amides is 2. The van der Waals surface area contributed by atoms with E-state index in [0.29, 0.717) is 24.2 Å². The molecule has 11 heteroatoms. The molecule has 1 fully saturated rings. The maximum absolute atomic E-state index is 12.9. The second-order valence-electron chi connectivity index (χ2n) is 7.26. The number of nitrogens with zero attached hydrogens (tertiary/aromatic N) is 5. The molecule has 0 saturated carbocycles. The molecule has 162 valence electrons. The summed E-state index contributed by atoms with van der Waals surface area (Å²) in [5, 5.41) is 6.34. The van der Waals surface area contributed by atoms with E-state index in [1.165, 1.54) is 6.20 Å². The maximum atomic E-state index is 12.9. The van der Waals surface area contributed by atoms with Gasteiger partial charge in [-0.3, -0.25) is 9.59 Å². The Kier molecular flexibility index (Phi) is 5.34. The van der Waals surface area contributed by atoms with Gasteiger partial charge in [-0.15, -0.1) is 5.10 Å². The van der Waals surface area contributed by atoms with E-state index in [1.54, 1.807) is 42.2 Å². The quantitative estimate of drug-likeness (QED) is 0.669. The Labute approximate surface area is 175 Å². The van der Waals surface area contributed by atoms with Crippen molar-refractivity contribution in [1.29, 1.82) is 0 Å². The first kappa shape index (κ1) is 20.8. The maximum Gasteiger partial charge on any atom is 0.453 e. The highest BCUT2D eigenvalue weighted by molar-refractivity contribution is 5.88. The first-order chi connectivity index (χ1) is 14.7. The number of hydrogen-bond donors (Lipinski definition) is 1. The van der Waals surface area contributed by atoms with Crippen LogP contribution in [-0.4, -0.2) is 48.9 Å². The van der Waals surface area contributed by atoms with E-state index in [2.05, 4.69) is 20.4 Å². The minimum atomic E-state index is -4.66. The van der Waals surface area contributed by atoms with Crippen LogP contribution in [0.3, 0.4) is 0 Å². The number of alkyl halides is 3. The summed E-state index contributed by atoms with van der Waals surface area (Å²) in [5.41, 5.74) is 1.83. The van der Waals surface area contributed by atoms with Crippen LogP contribution in [0, 0.1) is 0 Å². The summed E-state index contributed by atoms with van der Waals surface area (Å²) in [7, 11) is 0. The van der Waals surface area contributed by atoms with Crippen molar-refractivity contribution in [3.63, 3.8) is 0 Å². The van der Waals surface area contributed by atoms with E-state index in [9.17, 15) is 22.8 Å². The second-order valence-corrected chi connectivity index (χ2v) is 7.26. The van der Waals surface area contributed by atoms with Crippen molar-refractivity contribution in [2.24, 2.45) is 0 Å². The summed E-state index contributed by atoms with van der Waals surface area (Å²) in [4.78, 5) is 33.0. The molecular formula is C20H19F3N6O2. The SMILES string of the molecule is C[C@H](C(=O)NCc1ccc(-c2ccnc3nc(C(F)(F)F)nn23)cc1)N1CCCC1=O. The molecule has 3 aromatic rings. The molecule has 1 aliphatic heterocycles. The largest absolute Gasteiger partial charge is 0.453 e. The van der Waals surface area contributed by atoms with Crippen LogP contribution in [-0.2, 0) is 22.3 Å². The third kappa shape index (κ3) is 4.21. The van der Waals surface area contributed by atoms with Gasteiger partial charge in [-0.1, -0.05) is 24.3 Å². The van der Waals surface area contributed by atoms with Crippen LogP contribution in [0.5, 0.6) is 0 Å². The van der Waals surface area contributed by atoms with Gasteiger partial charge in [0.15, 0.2) is 0 Å². The third-order valence-electron chi connectivity index (χ3n) is 5.17. The monoisotopic (exact) mass is 432 g/mol. The molecule has 8 nitrogen and oxygen atoms in total. The van der Waals surface area contributed by atoms with Crippen LogP contribution in [0.1, 0.15) is 31.2 Å². The van der Waals surface area contributed by atoms with Crippen LogP contribution >= 0.6 is 0 Å². The topological polar surface area (TPSA) is 92.5 Å². The van der Waals surface area contributed by atoms with Gasteiger partial charge in [0.05, 0.1) is 5.69 Å². The predicted octanol–water partition coefficient (Wildman–Crippen LogP) is 2.44. The highest BCUT2D eigenvalue weighted by Crippen LogP contribution is 2.28. The number of hydrogen-bond acceptors (Lipinski definition) is 5. The Bertz CT molecular complexity index is 1130. The van der Waals surface area contributed by atoms with Gasteiger partial charge >= 0.3 is 6.18 Å². The molecule has 0 unspecified atom stereocenters. The van der Waals surface area contributed by atoms with Gasteiger partial charge in [-0.05, 0) is 25.0 Å². The fourth-order valence-electron chi connectivity index (χ4n) is 3.48. The molecule has 0 spiro atoms. The van der Waals surface area contributed by atoms with E-state index < -0.39 is 18.0 Å². The Morgan fingerprint density at radius 1 is 1.23 bits per heavy atom. The van der Waals surface area contributed by atoms with E-state index in [4.69, 9.17) is 0 Å². The standard InChI is InChI=1S/C20H19F3N6O2/c1-12(28-10-2-3-16(28)30)17(31)25-11-13-4-6-14(7-5-13)15-8-9-24-19-26-18(20(21,22)23)27-29(15)19/h4-9,12H,2-3,10-11H2,1H3,(H,25,31)/t12-/m1/s1. The molecule has 0 bridgehead atoms. The van der Waals surface area contributed by atoms with E-state index in [1.807, 2.05) is 0 Å². The van der Waals surface area contributed by atoms with E-state index in [-0.39, 0.29) is 24.1 Å². The Morgan fingerprint density at radius 3 is 2.61 bits per heavy atom. The van der Waals surface area contributed by atoms with Gasteiger partial charge in [-0.2, -0.15) is 22.7 Å². The number of likely N-dealkylation sites (tertiary alicyclic amines) is 1. The normalized spacial score (nSPS) is 15.5. The molecular weight excluding hydrogens is 413 g/mol. The molecule has 31 heavy (non-hydrogen) atoms. The van der Waals surface area contributed by atoms with Crippen LogP contribution in [0.4, 0.5) is 13.2 Å². The molecule has 1 atom stereocenters. The second kappa shape index (κ2) is 7.97. The fourth-order valence-corrected chi connectivity index (χ4v) is 3.48. The Balaban J connectivity index is 1.47. The number of rotatable bonds is 5. The van der Waals surface area contributed by atoms with Gasteiger partial charge in [0.2, 0.25) is 11.8 Å². The number of benzene rings is 1. The lowest BCUT2D eigenvalue weighted by molar-refractivity contribution is -0.144. The summed E-state index contributed by atoms with van der Waals surface area (Å²) in [6.07, 6.45) is -2.06. The van der Waals surface area contributed by atoms with Crippen molar-refractivity contribution in [1.82, 2.24) is 29.8 Å². The zero-order chi connectivity index (χ0) is 22.2. The predicted molar refractivity (Wildman–Crippen MR) is 103 cm³/mol. The lowest BCUT2D eigenvalue weighted by Crippen LogP contribution is -2.45. The summed E-state index contributed by atoms with van der Waals surface area (Å²) < 4.78 is 39.8. The summed E-state index contributed by atoms with van der Waals surface area (Å²) >= 11 is 0. The van der Waals surface area contributed by atoms with Crippen molar-refractivity contribution < 1.29 is 22.8 Å². The minimum Gasteiger partial charge on any atom is -0.350 e. The van der Waals surface area contributed by atoms with Crippen molar-refractivity contribution >= 4 is 17.6 Å². The molecule has 1 saturated heterocycles. The van der Waals surface area contributed by atoms with Gasteiger partial charge in [0.1, 0.15) is 6.04 Å². The lowest BCUT2D eigenvalue weighted by Gasteiger charge is -2.23. The van der Waals surface area contributed by atoms with Crippen molar-refractivity contribution in [2.45, 2.75) is 38.5 Å². The Morgan fingerprint density at radius 2 is 1.97 bits per heavy atom. The van der Waals surface area contributed by atoms with Gasteiger partial charge < -0.3 is 10.2 Å². The third-order valence-corrected chi connectivity index (χ3v) is 5.17. The average Bonchev–Trinajstić information content (AvgIpc) is 3.37. The number of carbonyl (C=O) groups is 2. The summed E-state index contributed by atoms with van der Waals surface area (Å²) in [6, 6.07) is 7.98. The molecule has 2 amide bonds. The number of halogens is 3. The number of nitrogens with one attached hydrogen (secondary N) is 1. The first-order valence-electron chi connectivity index (χ1n) is 9.69. The van der Waals surface area contributed by atoms with Crippen LogP contribution < -0.4 is 5.32 Å². The molecule has 0 aliphatic carbocycles. The van der Waals surface area contributed by atoms with E-state index in [0.717, 1.165) is 16.5 Å². The molecule has 1 aromatic carbocycles. The molecule has 4 rings (SSSR count).